The van der Waals surface area contributed by atoms with Gasteiger partial charge in [0.15, 0.2) is 0 Å². The summed E-state index contributed by atoms with van der Waals surface area (Å²) in [6.07, 6.45) is 4.69. The predicted molar refractivity (Wildman–Crippen MR) is 81.0 cm³/mol. The van der Waals surface area contributed by atoms with Crippen molar-refractivity contribution in [1.82, 2.24) is 24.9 Å². The van der Waals surface area contributed by atoms with E-state index in [1.165, 1.54) is 0 Å². The van der Waals surface area contributed by atoms with E-state index in [1.807, 2.05) is 22.6 Å². The summed E-state index contributed by atoms with van der Waals surface area (Å²) in [5.74, 6) is 0. The van der Waals surface area contributed by atoms with Crippen LogP contribution in [0.15, 0.2) is 12.4 Å². The van der Waals surface area contributed by atoms with Gasteiger partial charge in [-0.1, -0.05) is 18.5 Å². The van der Waals surface area contributed by atoms with Crippen LogP contribution in [-0.4, -0.2) is 26.1 Å². The lowest BCUT2D eigenvalue weighted by Gasteiger charge is -2.20. The first-order valence-electron chi connectivity index (χ1n) is 7.03. The fourth-order valence-electron chi connectivity index (χ4n) is 2.35. The zero-order chi connectivity index (χ0) is 14.7. The van der Waals surface area contributed by atoms with Gasteiger partial charge < -0.3 is 5.32 Å². The first-order chi connectivity index (χ1) is 9.60. The lowest BCUT2D eigenvalue weighted by Crippen LogP contribution is -2.26. The van der Waals surface area contributed by atoms with Gasteiger partial charge in [0.1, 0.15) is 0 Å². The van der Waals surface area contributed by atoms with Gasteiger partial charge in [0.25, 0.3) is 0 Å². The van der Waals surface area contributed by atoms with Crippen LogP contribution in [0.4, 0.5) is 0 Å². The fourth-order valence-corrected chi connectivity index (χ4v) is 2.60. The number of hydrogen-bond acceptors (Lipinski definition) is 3. The van der Waals surface area contributed by atoms with Gasteiger partial charge in [0, 0.05) is 24.8 Å². The van der Waals surface area contributed by atoms with E-state index in [-0.39, 0.29) is 6.04 Å². The number of aromatic nitrogens is 4. The first kappa shape index (κ1) is 15.1. The highest BCUT2D eigenvalue weighted by Crippen LogP contribution is 2.29. The second kappa shape index (κ2) is 6.41. The summed E-state index contributed by atoms with van der Waals surface area (Å²) in [7, 11) is 1.95. The van der Waals surface area contributed by atoms with Crippen LogP contribution < -0.4 is 5.32 Å². The Morgan fingerprint density at radius 3 is 2.60 bits per heavy atom. The highest BCUT2D eigenvalue weighted by atomic mass is 35.5. The molecule has 0 aromatic carbocycles. The molecular weight excluding hydrogens is 274 g/mol. The second-order valence-corrected chi connectivity index (χ2v) is 5.30. The van der Waals surface area contributed by atoms with Crippen molar-refractivity contribution in [1.29, 1.82) is 0 Å². The van der Waals surface area contributed by atoms with Crippen molar-refractivity contribution in [3.8, 4) is 0 Å². The van der Waals surface area contributed by atoms with Gasteiger partial charge in [-0.15, -0.1) is 0 Å². The molecule has 110 valence electrons. The zero-order valence-corrected chi connectivity index (χ0v) is 13.3. The van der Waals surface area contributed by atoms with Gasteiger partial charge in [0.05, 0.1) is 29.2 Å². The SMILES string of the molecule is CCCNC(c1cnn(C)c1C)c1c(Cl)cnn1CC. The number of nitrogens with one attached hydrogen (secondary N) is 1. The van der Waals surface area contributed by atoms with E-state index in [2.05, 4.69) is 36.3 Å². The quantitative estimate of drug-likeness (QED) is 0.891. The van der Waals surface area contributed by atoms with Crippen LogP contribution in [0.25, 0.3) is 0 Å². The minimum Gasteiger partial charge on any atom is -0.305 e. The van der Waals surface area contributed by atoms with Crippen molar-refractivity contribution in [3.05, 3.63) is 34.4 Å². The zero-order valence-electron chi connectivity index (χ0n) is 12.5. The maximum Gasteiger partial charge on any atom is 0.0837 e. The number of halogens is 1. The molecule has 0 saturated heterocycles. The molecule has 2 aromatic rings. The highest BCUT2D eigenvalue weighted by Gasteiger charge is 2.24. The molecule has 1 unspecified atom stereocenters. The molecular formula is C14H22ClN5. The molecule has 6 heteroatoms. The van der Waals surface area contributed by atoms with Crippen LogP contribution in [0.1, 0.15) is 43.3 Å². The molecule has 0 aliphatic heterocycles. The number of aryl methyl sites for hydroxylation is 2. The van der Waals surface area contributed by atoms with E-state index in [9.17, 15) is 0 Å². The predicted octanol–water partition coefficient (Wildman–Crippen LogP) is 2.69. The Balaban J connectivity index is 2.47. The van der Waals surface area contributed by atoms with Crippen LogP contribution in [0.3, 0.4) is 0 Å². The number of rotatable bonds is 6. The molecule has 0 aliphatic carbocycles. The summed E-state index contributed by atoms with van der Waals surface area (Å²) in [6.45, 7) is 8.01. The summed E-state index contributed by atoms with van der Waals surface area (Å²) in [5, 5.41) is 12.9. The third-order valence-electron chi connectivity index (χ3n) is 3.59. The number of hydrogen-bond donors (Lipinski definition) is 1. The fraction of sp³-hybridized carbons (Fsp3) is 0.571. The van der Waals surface area contributed by atoms with Gasteiger partial charge in [-0.2, -0.15) is 10.2 Å². The molecule has 1 N–H and O–H groups in total. The molecule has 0 saturated carbocycles. The van der Waals surface area contributed by atoms with Crippen LogP contribution >= 0.6 is 11.6 Å². The Labute approximate surface area is 124 Å². The van der Waals surface area contributed by atoms with Crippen LogP contribution in [0.2, 0.25) is 5.02 Å². The van der Waals surface area contributed by atoms with Crippen LogP contribution in [0, 0.1) is 6.92 Å². The maximum absolute atomic E-state index is 6.36. The highest BCUT2D eigenvalue weighted by molar-refractivity contribution is 6.31. The molecule has 2 heterocycles. The van der Waals surface area contributed by atoms with E-state index in [0.717, 1.165) is 36.5 Å². The molecule has 2 aromatic heterocycles. The standard InChI is InChI=1S/C14H22ClN5/c1-5-7-16-13(11-8-17-19(4)10(11)3)14-12(15)9-18-20(14)6-2/h8-9,13,16H,5-7H2,1-4H3. The topological polar surface area (TPSA) is 47.7 Å². The summed E-state index contributed by atoms with van der Waals surface area (Å²) < 4.78 is 3.83. The lowest BCUT2D eigenvalue weighted by molar-refractivity contribution is 0.528. The van der Waals surface area contributed by atoms with Gasteiger partial charge in [-0.3, -0.25) is 9.36 Å². The van der Waals surface area contributed by atoms with E-state index >= 15 is 0 Å². The second-order valence-electron chi connectivity index (χ2n) is 4.89. The minimum absolute atomic E-state index is 0.0265. The Morgan fingerprint density at radius 1 is 1.30 bits per heavy atom. The third kappa shape index (κ3) is 2.74. The largest absolute Gasteiger partial charge is 0.305 e. The number of nitrogens with zero attached hydrogens (tertiary/aromatic N) is 4. The van der Waals surface area contributed by atoms with Gasteiger partial charge in [-0.25, -0.2) is 0 Å². The average molecular weight is 296 g/mol. The van der Waals surface area contributed by atoms with Crippen molar-refractivity contribution in [3.63, 3.8) is 0 Å². The van der Waals surface area contributed by atoms with Crippen LogP contribution in [-0.2, 0) is 13.6 Å². The van der Waals surface area contributed by atoms with E-state index in [0.29, 0.717) is 5.02 Å². The molecule has 0 radical (unpaired) electrons. The van der Waals surface area contributed by atoms with E-state index in [4.69, 9.17) is 11.6 Å². The minimum atomic E-state index is 0.0265. The van der Waals surface area contributed by atoms with Crippen molar-refractivity contribution < 1.29 is 0 Å². The van der Waals surface area contributed by atoms with Crippen LogP contribution in [0.5, 0.6) is 0 Å². The Hall–Kier alpha value is -1.33. The van der Waals surface area contributed by atoms with Crippen molar-refractivity contribution in [2.75, 3.05) is 6.54 Å². The molecule has 2 rings (SSSR count). The van der Waals surface area contributed by atoms with Gasteiger partial charge >= 0.3 is 0 Å². The molecule has 0 fully saturated rings. The Kier molecular flexibility index (Phi) is 4.83. The molecule has 1 atom stereocenters. The van der Waals surface area contributed by atoms with Crippen molar-refractivity contribution in [2.24, 2.45) is 7.05 Å². The van der Waals surface area contributed by atoms with Crippen molar-refractivity contribution in [2.45, 2.75) is 39.8 Å². The summed E-state index contributed by atoms with van der Waals surface area (Å²) in [4.78, 5) is 0. The molecule has 0 aliphatic rings. The first-order valence-corrected chi connectivity index (χ1v) is 7.41. The lowest BCUT2D eigenvalue weighted by atomic mass is 10.0. The monoisotopic (exact) mass is 295 g/mol. The summed E-state index contributed by atoms with van der Waals surface area (Å²) >= 11 is 6.36. The van der Waals surface area contributed by atoms with Gasteiger partial charge in [-0.05, 0) is 26.8 Å². The summed E-state index contributed by atoms with van der Waals surface area (Å²) in [6, 6.07) is 0.0265. The molecule has 0 bridgehead atoms. The summed E-state index contributed by atoms with van der Waals surface area (Å²) in [5.41, 5.74) is 3.30. The molecule has 0 amide bonds. The molecule has 20 heavy (non-hydrogen) atoms. The van der Waals surface area contributed by atoms with Gasteiger partial charge in [0.2, 0.25) is 0 Å². The van der Waals surface area contributed by atoms with Crippen molar-refractivity contribution >= 4 is 11.6 Å². The Bertz CT molecular complexity index is 572. The smallest absolute Gasteiger partial charge is 0.0837 e. The normalized spacial score (nSPS) is 12.8. The third-order valence-corrected chi connectivity index (χ3v) is 3.88. The average Bonchev–Trinajstić information content (AvgIpc) is 2.97. The van der Waals surface area contributed by atoms with E-state index < -0.39 is 0 Å². The van der Waals surface area contributed by atoms with E-state index in [1.54, 1.807) is 6.20 Å². The Morgan fingerprint density at radius 2 is 2.05 bits per heavy atom. The maximum atomic E-state index is 6.36. The molecule has 0 spiro atoms. The molecule has 5 nitrogen and oxygen atoms in total.